The van der Waals surface area contributed by atoms with Crippen LogP contribution in [0, 0.1) is 18.3 Å². The number of carbonyl (C=O) groups excluding carboxylic acids is 1. The van der Waals surface area contributed by atoms with Crippen molar-refractivity contribution in [2.45, 2.75) is 60.1 Å². The molecule has 0 saturated heterocycles. The maximum atomic E-state index is 13.5. The largest absolute Gasteiger partial charge is 0.488 e. The van der Waals surface area contributed by atoms with E-state index in [-0.39, 0.29) is 11.3 Å². The highest BCUT2D eigenvalue weighted by Crippen LogP contribution is 2.45. The second-order valence-electron chi connectivity index (χ2n) is 11.5. The highest BCUT2D eigenvalue weighted by atomic mass is 79.9. The Morgan fingerprint density at radius 3 is 2.73 bits per heavy atom. The smallest absolute Gasteiger partial charge is 0.255 e. The molecule has 7 heteroatoms. The third kappa shape index (κ3) is 6.76. The van der Waals surface area contributed by atoms with E-state index >= 15 is 0 Å². The van der Waals surface area contributed by atoms with Crippen LogP contribution in [-0.4, -0.2) is 12.1 Å². The second-order valence-corrected chi connectivity index (χ2v) is 13.5. The van der Waals surface area contributed by atoms with Crippen LogP contribution >= 0.6 is 27.3 Å². The summed E-state index contributed by atoms with van der Waals surface area (Å²) >= 11 is 5.23. The number of halogens is 1. The molecule has 0 fully saturated rings. The Kier molecular flexibility index (Phi) is 8.62. The first-order valence-corrected chi connectivity index (χ1v) is 15.3. The monoisotopic (exact) mass is 618 g/mol. The highest BCUT2D eigenvalue weighted by molar-refractivity contribution is 9.10. The molecule has 0 aliphatic heterocycles. The van der Waals surface area contributed by atoms with Gasteiger partial charge in [0.1, 0.15) is 23.1 Å². The first-order chi connectivity index (χ1) is 19.2. The van der Waals surface area contributed by atoms with Crippen LogP contribution in [-0.2, 0) is 26.0 Å². The van der Waals surface area contributed by atoms with Gasteiger partial charge in [0.05, 0.1) is 18.4 Å². The molecule has 40 heavy (non-hydrogen) atoms. The molecule has 1 atom stereocenters. The van der Waals surface area contributed by atoms with Crippen LogP contribution < -0.4 is 10.1 Å². The molecule has 208 valence electrons. The lowest BCUT2D eigenvalue weighted by Crippen LogP contribution is -2.28. The molecule has 1 N–H and O–H groups in total. The lowest BCUT2D eigenvalue weighted by Gasteiger charge is -2.33. The first-order valence-electron chi connectivity index (χ1n) is 13.6. The van der Waals surface area contributed by atoms with Crippen LogP contribution in [0.4, 0.5) is 5.00 Å². The minimum absolute atomic E-state index is 0.111. The molecule has 0 unspecified atom stereocenters. The van der Waals surface area contributed by atoms with Crippen LogP contribution in [0.3, 0.4) is 0 Å². The fourth-order valence-corrected chi connectivity index (χ4v) is 6.68. The lowest BCUT2D eigenvalue weighted by molar-refractivity contribution is 0.0947. The summed E-state index contributed by atoms with van der Waals surface area (Å²) in [6.07, 6.45) is 6.36. The standard InChI is InChI=1S/C33H35BrN2O3S/c1-21-7-9-22(10-8-21)20-39-28-14-12-25(34)16-23(28)18-36-32-30(31(37)35-19-26-6-5-15-38-26)27-13-11-24(33(2,3)4)17-29(27)40-32/h5-10,12,14-16,18,24H,11,13,17,19-20H2,1-4H3,(H,35,37)/t24-/m0/s1. The molecule has 5 rings (SSSR count). The fourth-order valence-electron chi connectivity index (χ4n) is 5.03. The molecule has 0 spiro atoms. The highest BCUT2D eigenvalue weighted by Gasteiger charge is 2.33. The van der Waals surface area contributed by atoms with Gasteiger partial charge >= 0.3 is 0 Å². The Balaban J connectivity index is 1.43. The van der Waals surface area contributed by atoms with Crippen molar-refractivity contribution in [2.75, 3.05) is 0 Å². The van der Waals surface area contributed by atoms with E-state index in [1.54, 1.807) is 17.6 Å². The number of rotatable bonds is 8. The Morgan fingerprint density at radius 2 is 2.00 bits per heavy atom. The van der Waals surface area contributed by atoms with Gasteiger partial charge in [0, 0.05) is 21.1 Å². The molecule has 1 amide bonds. The summed E-state index contributed by atoms with van der Waals surface area (Å²) in [4.78, 5) is 19.7. The van der Waals surface area contributed by atoms with Crippen LogP contribution in [0.2, 0.25) is 0 Å². The van der Waals surface area contributed by atoms with Crippen molar-refractivity contribution in [3.05, 3.63) is 104 Å². The van der Waals surface area contributed by atoms with E-state index in [2.05, 4.69) is 73.2 Å². The number of benzene rings is 2. The molecule has 2 heterocycles. The minimum Gasteiger partial charge on any atom is -0.488 e. The quantitative estimate of drug-likeness (QED) is 0.201. The molecule has 2 aromatic carbocycles. The molecule has 1 aliphatic rings. The van der Waals surface area contributed by atoms with Crippen molar-refractivity contribution in [1.82, 2.24) is 5.32 Å². The minimum atomic E-state index is -0.111. The Hall–Kier alpha value is -3.16. The molecule has 0 saturated carbocycles. The van der Waals surface area contributed by atoms with Gasteiger partial charge in [-0.15, -0.1) is 11.3 Å². The van der Waals surface area contributed by atoms with Gasteiger partial charge < -0.3 is 14.5 Å². The van der Waals surface area contributed by atoms with Crippen molar-refractivity contribution in [3.63, 3.8) is 0 Å². The van der Waals surface area contributed by atoms with E-state index in [0.29, 0.717) is 24.6 Å². The SMILES string of the molecule is Cc1ccc(COc2ccc(Br)cc2C=Nc2sc3c(c2C(=O)NCc2ccco2)CC[C@H](C(C)(C)C)C3)cc1. The zero-order valence-corrected chi connectivity index (χ0v) is 25.8. The van der Waals surface area contributed by atoms with Crippen molar-refractivity contribution in [3.8, 4) is 5.75 Å². The molecular formula is C33H35BrN2O3S. The Morgan fingerprint density at radius 1 is 1.20 bits per heavy atom. The van der Waals surface area contributed by atoms with Crippen LogP contribution in [0.5, 0.6) is 5.75 Å². The van der Waals surface area contributed by atoms with Gasteiger partial charge in [-0.05, 0) is 79.0 Å². The number of ether oxygens (including phenoxy) is 1. The number of nitrogens with zero attached hydrogens (tertiary/aromatic N) is 1. The van der Waals surface area contributed by atoms with E-state index < -0.39 is 0 Å². The summed E-state index contributed by atoms with van der Waals surface area (Å²) in [5.41, 5.74) is 5.21. The third-order valence-corrected chi connectivity index (χ3v) is 9.17. The van der Waals surface area contributed by atoms with Gasteiger partial charge in [-0.3, -0.25) is 4.79 Å². The number of amides is 1. The van der Waals surface area contributed by atoms with E-state index in [4.69, 9.17) is 14.1 Å². The molecule has 4 aromatic rings. The normalized spacial score (nSPS) is 15.3. The Labute approximate surface area is 248 Å². The van der Waals surface area contributed by atoms with Crippen molar-refractivity contribution < 1.29 is 13.9 Å². The summed E-state index contributed by atoms with van der Waals surface area (Å²) in [6.45, 7) is 9.79. The van der Waals surface area contributed by atoms with E-state index in [9.17, 15) is 4.79 Å². The number of aliphatic imine (C=N–C) groups is 1. The van der Waals surface area contributed by atoms with Gasteiger partial charge in [0.15, 0.2) is 0 Å². The number of carbonyl (C=O) groups is 1. The van der Waals surface area contributed by atoms with Gasteiger partial charge in [-0.25, -0.2) is 4.99 Å². The van der Waals surface area contributed by atoms with Crippen molar-refractivity contribution in [2.24, 2.45) is 16.3 Å². The van der Waals surface area contributed by atoms with Crippen molar-refractivity contribution in [1.29, 1.82) is 0 Å². The number of aryl methyl sites for hydroxylation is 1. The molecule has 1 aliphatic carbocycles. The molecule has 2 aromatic heterocycles. The molecule has 0 bridgehead atoms. The van der Waals surface area contributed by atoms with Crippen LogP contribution in [0.1, 0.15) is 70.4 Å². The Bertz CT molecular complexity index is 1500. The molecular weight excluding hydrogens is 584 g/mol. The number of thiophene rings is 1. The number of nitrogens with one attached hydrogen (secondary N) is 1. The van der Waals surface area contributed by atoms with Crippen molar-refractivity contribution >= 4 is 44.4 Å². The zero-order chi connectivity index (χ0) is 28.3. The van der Waals surface area contributed by atoms with Gasteiger partial charge in [0.25, 0.3) is 5.91 Å². The van der Waals surface area contributed by atoms with E-state index in [1.165, 1.54) is 10.4 Å². The summed E-state index contributed by atoms with van der Waals surface area (Å²) in [5, 5.41) is 3.79. The van der Waals surface area contributed by atoms with Gasteiger partial charge in [-0.2, -0.15) is 0 Å². The van der Waals surface area contributed by atoms with E-state index in [1.807, 2.05) is 36.5 Å². The summed E-state index contributed by atoms with van der Waals surface area (Å²) < 4.78 is 12.6. The number of hydrogen-bond acceptors (Lipinski definition) is 5. The zero-order valence-electron chi connectivity index (χ0n) is 23.4. The fraction of sp³-hybridized carbons (Fsp3) is 0.333. The number of furan rings is 1. The average Bonchev–Trinajstić information content (AvgIpc) is 3.58. The third-order valence-electron chi connectivity index (χ3n) is 7.51. The maximum Gasteiger partial charge on any atom is 0.255 e. The number of hydrogen-bond donors (Lipinski definition) is 1. The second kappa shape index (κ2) is 12.1. The average molecular weight is 620 g/mol. The summed E-state index contributed by atoms with van der Waals surface area (Å²) in [6, 6.07) is 17.9. The van der Waals surface area contributed by atoms with E-state index in [0.717, 1.165) is 56.9 Å². The predicted octanol–water partition coefficient (Wildman–Crippen LogP) is 8.82. The summed E-state index contributed by atoms with van der Waals surface area (Å²) in [7, 11) is 0. The topological polar surface area (TPSA) is 63.8 Å². The molecule has 5 nitrogen and oxygen atoms in total. The lowest BCUT2D eigenvalue weighted by atomic mass is 9.72. The van der Waals surface area contributed by atoms with Crippen LogP contribution in [0.25, 0.3) is 0 Å². The van der Waals surface area contributed by atoms with Crippen LogP contribution in [0.15, 0.2) is 74.7 Å². The first kappa shape index (κ1) is 28.4. The predicted molar refractivity (Wildman–Crippen MR) is 166 cm³/mol. The van der Waals surface area contributed by atoms with Gasteiger partial charge in [-0.1, -0.05) is 66.5 Å². The number of fused-ring (bicyclic) bond motifs is 1. The van der Waals surface area contributed by atoms with Gasteiger partial charge in [0.2, 0.25) is 0 Å². The summed E-state index contributed by atoms with van der Waals surface area (Å²) in [5.74, 6) is 1.92. The molecule has 0 radical (unpaired) electrons. The maximum absolute atomic E-state index is 13.5.